The molecule has 2 aliphatic heterocycles. The molecule has 1 atom stereocenters. The molecule has 0 saturated carbocycles. The zero-order chi connectivity index (χ0) is 18.1. The van der Waals surface area contributed by atoms with Crippen LogP contribution in [-0.2, 0) is 4.74 Å². The Morgan fingerprint density at radius 3 is 2.63 bits per heavy atom. The molecule has 0 unspecified atom stereocenters. The van der Waals surface area contributed by atoms with Crippen molar-refractivity contribution >= 4 is 41.8 Å². The summed E-state index contributed by atoms with van der Waals surface area (Å²) in [5, 5.41) is 3.60. The maximum atomic E-state index is 12.8. The summed E-state index contributed by atoms with van der Waals surface area (Å²) >= 11 is 5.88. The molecule has 2 amide bonds. The minimum Gasteiger partial charge on any atom is -0.419 e. The number of hydrogen-bond acceptors (Lipinski definition) is 7. The van der Waals surface area contributed by atoms with Gasteiger partial charge in [-0.05, 0) is 12.1 Å². The van der Waals surface area contributed by atoms with Gasteiger partial charge in [0.2, 0.25) is 6.23 Å². The van der Waals surface area contributed by atoms with Gasteiger partial charge in [0.1, 0.15) is 11.5 Å². The first-order valence-electron chi connectivity index (χ1n) is 8.07. The Kier molecular flexibility index (Phi) is 5.73. The molecule has 11 heteroatoms. The smallest absolute Gasteiger partial charge is 0.412 e. The summed E-state index contributed by atoms with van der Waals surface area (Å²) in [7, 11) is 0. The number of fused-ring (bicyclic) bond motifs is 1. The predicted molar refractivity (Wildman–Crippen MR) is 99.0 cm³/mol. The van der Waals surface area contributed by atoms with Crippen LogP contribution in [-0.4, -0.2) is 58.0 Å². The first-order chi connectivity index (χ1) is 12.6. The third-order valence-corrected chi connectivity index (χ3v) is 4.39. The van der Waals surface area contributed by atoms with Gasteiger partial charge in [-0.3, -0.25) is 9.78 Å². The van der Waals surface area contributed by atoms with Gasteiger partial charge in [0.15, 0.2) is 5.69 Å². The summed E-state index contributed by atoms with van der Waals surface area (Å²) in [6.45, 7) is 2.45. The molecule has 142 valence electrons. The zero-order valence-electron chi connectivity index (χ0n) is 14.0. The van der Waals surface area contributed by atoms with Crippen molar-refractivity contribution in [3.05, 3.63) is 47.1 Å². The predicted octanol–water partition coefficient (Wildman–Crippen LogP) is 1.65. The van der Waals surface area contributed by atoms with Crippen molar-refractivity contribution in [2.75, 3.05) is 31.1 Å². The Labute approximate surface area is 166 Å². The van der Waals surface area contributed by atoms with Crippen molar-refractivity contribution in [2.24, 2.45) is 0 Å². The monoisotopic (exact) mass is 410 g/mol. The van der Waals surface area contributed by atoms with Crippen LogP contribution in [0.25, 0.3) is 0 Å². The van der Waals surface area contributed by atoms with E-state index in [9.17, 15) is 9.59 Å². The molecule has 0 spiro atoms. The van der Waals surface area contributed by atoms with Gasteiger partial charge in [-0.25, -0.2) is 19.7 Å². The Hall–Kier alpha value is -2.49. The lowest BCUT2D eigenvalue weighted by molar-refractivity contribution is 0.0565. The zero-order valence-corrected chi connectivity index (χ0v) is 15.6. The first-order valence-corrected chi connectivity index (χ1v) is 8.45. The number of hydrogen-bond donors (Lipinski definition) is 1. The number of nitrogens with one attached hydrogen (secondary N) is 1. The van der Waals surface area contributed by atoms with E-state index in [4.69, 9.17) is 16.3 Å². The molecule has 27 heavy (non-hydrogen) atoms. The van der Waals surface area contributed by atoms with Crippen LogP contribution in [0.2, 0.25) is 5.02 Å². The number of ether oxygens (including phenoxy) is 1. The minimum atomic E-state index is -1.03. The van der Waals surface area contributed by atoms with Gasteiger partial charge in [0, 0.05) is 44.8 Å². The van der Waals surface area contributed by atoms with Gasteiger partial charge in [-0.15, -0.1) is 12.4 Å². The van der Waals surface area contributed by atoms with E-state index in [1.807, 2.05) is 0 Å². The Morgan fingerprint density at radius 1 is 1.19 bits per heavy atom. The fourth-order valence-electron chi connectivity index (χ4n) is 2.90. The number of piperazine rings is 1. The van der Waals surface area contributed by atoms with Crippen molar-refractivity contribution < 1.29 is 14.3 Å². The lowest BCUT2D eigenvalue weighted by atomic mass is 10.3. The number of anilines is 1. The number of aromatic nitrogens is 3. The van der Waals surface area contributed by atoms with Crippen LogP contribution >= 0.6 is 24.0 Å². The van der Waals surface area contributed by atoms with Gasteiger partial charge in [-0.1, -0.05) is 11.6 Å². The number of amides is 2. The largest absolute Gasteiger partial charge is 0.419 e. The highest BCUT2D eigenvalue weighted by molar-refractivity contribution is 6.30. The standard InChI is InChI=1S/C16H15ClN6O3.ClH/c17-10-1-2-11(21-9-10)23-14(24)12-13(20-4-3-19-12)15(23)26-16(25)22-7-5-18-6-8-22;/h1-4,9,15,18H,5-8H2;1H/t15-;/m0./s1. The van der Waals surface area contributed by atoms with Crippen LogP contribution in [0.1, 0.15) is 22.4 Å². The summed E-state index contributed by atoms with van der Waals surface area (Å²) in [6.07, 6.45) is 2.76. The highest BCUT2D eigenvalue weighted by Gasteiger charge is 2.44. The summed E-state index contributed by atoms with van der Waals surface area (Å²) in [5.41, 5.74) is 0.431. The number of nitrogens with zero attached hydrogens (tertiary/aromatic N) is 5. The number of rotatable bonds is 2. The Morgan fingerprint density at radius 2 is 1.93 bits per heavy atom. The average molecular weight is 411 g/mol. The molecule has 1 saturated heterocycles. The molecule has 0 aliphatic carbocycles. The third-order valence-electron chi connectivity index (χ3n) is 4.16. The van der Waals surface area contributed by atoms with E-state index in [1.54, 1.807) is 17.0 Å². The third kappa shape index (κ3) is 3.66. The molecule has 2 aromatic heterocycles. The molecule has 2 aromatic rings. The van der Waals surface area contributed by atoms with Crippen molar-refractivity contribution in [3.8, 4) is 0 Å². The van der Waals surface area contributed by atoms with Gasteiger partial charge >= 0.3 is 6.09 Å². The normalized spacial score (nSPS) is 18.7. The van der Waals surface area contributed by atoms with Crippen LogP contribution in [0.15, 0.2) is 30.7 Å². The van der Waals surface area contributed by atoms with Gasteiger partial charge < -0.3 is 15.0 Å². The Balaban J connectivity index is 0.00000210. The second kappa shape index (κ2) is 8.03. The average Bonchev–Trinajstić information content (AvgIpc) is 2.95. The fraction of sp³-hybridized carbons (Fsp3) is 0.312. The van der Waals surface area contributed by atoms with Crippen LogP contribution < -0.4 is 10.2 Å². The van der Waals surface area contributed by atoms with Gasteiger partial charge in [0.25, 0.3) is 5.91 Å². The van der Waals surface area contributed by atoms with Crippen LogP contribution in [0.3, 0.4) is 0 Å². The summed E-state index contributed by atoms with van der Waals surface area (Å²) in [6, 6.07) is 3.19. The minimum absolute atomic E-state index is 0. The van der Waals surface area contributed by atoms with E-state index in [2.05, 4.69) is 20.3 Å². The maximum Gasteiger partial charge on any atom is 0.412 e. The van der Waals surface area contributed by atoms with Crippen molar-refractivity contribution in [3.63, 3.8) is 0 Å². The molecule has 0 radical (unpaired) electrons. The van der Waals surface area contributed by atoms with E-state index >= 15 is 0 Å². The van der Waals surface area contributed by atoms with Crippen molar-refractivity contribution in [1.82, 2.24) is 25.2 Å². The molecule has 1 N–H and O–H groups in total. The SMILES string of the molecule is Cl.O=C(O[C@H]1c2nccnc2C(=O)N1c1ccc(Cl)cn1)N1CCNCC1. The van der Waals surface area contributed by atoms with Gasteiger partial charge in [0.05, 0.1) is 5.02 Å². The second-order valence-electron chi connectivity index (χ2n) is 5.77. The number of carbonyl (C=O) groups is 2. The molecule has 1 fully saturated rings. The van der Waals surface area contributed by atoms with Crippen LogP contribution in [0, 0.1) is 0 Å². The highest BCUT2D eigenvalue weighted by atomic mass is 35.5. The topological polar surface area (TPSA) is 101 Å². The van der Waals surface area contributed by atoms with Crippen molar-refractivity contribution in [2.45, 2.75) is 6.23 Å². The highest BCUT2D eigenvalue weighted by Crippen LogP contribution is 2.35. The van der Waals surface area contributed by atoms with E-state index in [0.717, 1.165) is 0 Å². The molecular weight excluding hydrogens is 395 g/mol. The summed E-state index contributed by atoms with van der Waals surface area (Å²) in [5.74, 6) is -0.127. The molecule has 4 heterocycles. The van der Waals surface area contributed by atoms with Crippen molar-refractivity contribution in [1.29, 1.82) is 0 Å². The Bertz CT molecular complexity index is 844. The molecule has 4 rings (SSSR count). The number of halogens is 2. The number of pyridine rings is 1. The number of carbonyl (C=O) groups excluding carboxylic acids is 2. The van der Waals surface area contributed by atoms with Crippen LogP contribution in [0.4, 0.5) is 10.6 Å². The second-order valence-corrected chi connectivity index (χ2v) is 6.21. The summed E-state index contributed by atoms with van der Waals surface area (Å²) < 4.78 is 5.63. The van der Waals surface area contributed by atoms with E-state index < -0.39 is 18.2 Å². The van der Waals surface area contributed by atoms with E-state index in [0.29, 0.717) is 37.0 Å². The maximum absolute atomic E-state index is 12.8. The molecule has 9 nitrogen and oxygen atoms in total. The fourth-order valence-corrected chi connectivity index (χ4v) is 3.01. The lowest BCUT2D eigenvalue weighted by Crippen LogP contribution is -2.47. The van der Waals surface area contributed by atoms with E-state index in [-0.39, 0.29) is 23.8 Å². The lowest BCUT2D eigenvalue weighted by Gasteiger charge is -2.30. The quantitative estimate of drug-likeness (QED) is 0.802. The van der Waals surface area contributed by atoms with Crippen LogP contribution in [0.5, 0.6) is 0 Å². The van der Waals surface area contributed by atoms with E-state index in [1.165, 1.54) is 23.5 Å². The molecular formula is C16H16Cl2N6O3. The van der Waals surface area contributed by atoms with Gasteiger partial charge in [-0.2, -0.15) is 0 Å². The molecule has 0 bridgehead atoms. The molecule has 2 aliphatic rings. The first kappa shape index (κ1) is 19.3. The summed E-state index contributed by atoms with van der Waals surface area (Å²) in [4.78, 5) is 40.6. The molecule has 0 aromatic carbocycles.